The second kappa shape index (κ2) is 17.7. The van der Waals surface area contributed by atoms with Crippen LogP contribution in [0.25, 0.3) is 22.2 Å². The molecule has 2 N–H and O–H groups in total. The molecule has 0 saturated carbocycles. The SMILES string of the molecule is CC(=O)OCCCS(=O)(=O)Nc1ccc(F)c(C(=O)c2c[nH]c3ncc(-c4ccc(N5CCN(CC6CCN(CC(=O)OC(C)(C)C)CC6)CC5)cc4)cc23)c1F. The number of benzene rings is 2. The van der Waals surface area contributed by atoms with Gasteiger partial charge < -0.3 is 19.4 Å². The van der Waals surface area contributed by atoms with Gasteiger partial charge in [0.1, 0.15) is 17.1 Å². The second-order valence-electron chi connectivity index (χ2n) is 15.7. The Morgan fingerprint density at radius 2 is 1.65 bits per heavy atom. The number of H-pyrrole nitrogens is 1. The van der Waals surface area contributed by atoms with Crippen LogP contribution >= 0.6 is 0 Å². The number of ketones is 1. The highest BCUT2D eigenvalue weighted by Gasteiger charge is 2.28. The molecule has 16 heteroatoms. The molecule has 2 fully saturated rings. The van der Waals surface area contributed by atoms with Crippen molar-refractivity contribution >= 4 is 50.2 Å². The third-order valence-corrected chi connectivity index (χ3v) is 11.5. The zero-order valence-electron chi connectivity index (χ0n) is 32.8. The summed E-state index contributed by atoms with van der Waals surface area (Å²) in [7, 11) is -4.11. The van der Waals surface area contributed by atoms with Crippen LogP contribution in [0.4, 0.5) is 20.2 Å². The number of hydrogen-bond donors (Lipinski definition) is 2. The van der Waals surface area contributed by atoms with Crippen LogP contribution in [0, 0.1) is 17.6 Å². The normalized spacial score (nSPS) is 16.1. The van der Waals surface area contributed by atoms with E-state index >= 15 is 8.78 Å². The van der Waals surface area contributed by atoms with Crippen molar-refractivity contribution in [2.24, 2.45) is 5.92 Å². The van der Waals surface area contributed by atoms with Gasteiger partial charge in [-0.15, -0.1) is 0 Å². The average molecular weight is 809 g/mol. The van der Waals surface area contributed by atoms with E-state index in [2.05, 4.69) is 29.4 Å². The number of carbonyl (C=O) groups is 3. The Hall–Kier alpha value is -4.93. The van der Waals surface area contributed by atoms with Gasteiger partial charge in [-0.25, -0.2) is 22.2 Å². The number of rotatable bonds is 14. The Labute approximate surface area is 331 Å². The number of piperidine rings is 1. The molecule has 0 aliphatic carbocycles. The van der Waals surface area contributed by atoms with Crippen molar-refractivity contribution in [3.63, 3.8) is 0 Å². The van der Waals surface area contributed by atoms with E-state index in [4.69, 9.17) is 9.47 Å². The van der Waals surface area contributed by atoms with E-state index in [9.17, 15) is 22.8 Å². The van der Waals surface area contributed by atoms with Gasteiger partial charge in [-0.1, -0.05) is 12.1 Å². The first-order valence-corrected chi connectivity index (χ1v) is 20.9. The predicted octanol–water partition coefficient (Wildman–Crippen LogP) is 5.61. The minimum atomic E-state index is -4.11. The van der Waals surface area contributed by atoms with Crippen LogP contribution in [0.5, 0.6) is 0 Å². The summed E-state index contributed by atoms with van der Waals surface area (Å²) in [5, 5.41) is 0.349. The number of aromatic nitrogens is 2. The summed E-state index contributed by atoms with van der Waals surface area (Å²) in [5.74, 6) is -4.10. The number of hydrogen-bond acceptors (Lipinski definition) is 11. The summed E-state index contributed by atoms with van der Waals surface area (Å²) in [5.41, 5.74) is 0.973. The largest absolute Gasteiger partial charge is 0.466 e. The van der Waals surface area contributed by atoms with Crippen LogP contribution in [0.1, 0.15) is 62.9 Å². The quantitative estimate of drug-likeness (QED) is 0.0929. The van der Waals surface area contributed by atoms with Crippen molar-refractivity contribution in [2.75, 3.05) is 74.3 Å². The number of nitrogens with one attached hydrogen (secondary N) is 2. The first kappa shape index (κ1) is 41.7. The first-order chi connectivity index (χ1) is 27.0. The zero-order valence-corrected chi connectivity index (χ0v) is 33.6. The Balaban J connectivity index is 1.05. The van der Waals surface area contributed by atoms with E-state index in [1.807, 2.05) is 45.0 Å². The van der Waals surface area contributed by atoms with Gasteiger partial charge in [0.05, 0.1) is 30.2 Å². The summed E-state index contributed by atoms with van der Waals surface area (Å²) in [6.07, 6.45) is 5.07. The van der Waals surface area contributed by atoms with E-state index in [1.165, 1.54) is 13.1 Å². The van der Waals surface area contributed by atoms with Gasteiger partial charge in [0.2, 0.25) is 15.8 Å². The lowest BCUT2D eigenvalue weighted by atomic mass is 9.96. The highest BCUT2D eigenvalue weighted by atomic mass is 32.2. The molecule has 306 valence electrons. The van der Waals surface area contributed by atoms with Gasteiger partial charge in [-0.3, -0.25) is 28.9 Å². The molecule has 0 atom stereocenters. The van der Waals surface area contributed by atoms with E-state index < -0.39 is 56.0 Å². The molecule has 2 aromatic carbocycles. The summed E-state index contributed by atoms with van der Waals surface area (Å²) >= 11 is 0. The maximum Gasteiger partial charge on any atom is 0.320 e. The highest BCUT2D eigenvalue weighted by molar-refractivity contribution is 7.92. The fourth-order valence-corrected chi connectivity index (χ4v) is 8.40. The molecule has 0 spiro atoms. The van der Waals surface area contributed by atoms with Crippen molar-refractivity contribution < 1.29 is 41.1 Å². The van der Waals surface area contributed by atoms with Gasteiger partial charge in [0.15, 0.2) is 5.82 Å². The van der Waals surface area contributed by atoms with Crippen molar-refractivity contribution in [3.05, 3.63) is 77.6 Å². The topological polar surface area (TPSA) is 154 Å². The maximum absolute atomic E-state index is 15.6. The molecule has 6 rings (SSSR count). The third-order valence-electron chi connectivity index (χ3n) is 10.2. The number of ether oxygens (including phenoxy) is 2. The Morgan fingerprint density at radius 3 is 2.32 bits per heavy atom. The molecule has 4 heterocycles. The summed E-state index contributed by atoms with van der Waals surface area (Å²) in [6, 6.07) is 11.5. The molecule has 4 aromatic rings. The molecule has 0 bridgehead atoms. The van der Waals surface area contributed by atoms with E-state index in [-0.39, 0.29) is 24.6 Å². The fourth-order valence-electron chi connectivity index (χ4n) is 7.31. The lowest BCUT2D eigenvalue weighted by molar-refractivity contribution is -0.156. The number of piperazine rings is 1. The molecule has 0 unspecified atom stereocenters. The van der Waals surface area contributed by atoms with Gasteiger partial charge in [0.25, 0.3) is 0 Å². The zero-order chi connectivity index (χ0) is 40.9. The van der Waals surface area contributed by atoms with Gasteiger partial charge >= 0.3 is 11.9 Å². The predicted molar refractivity (Wildman–Crippen MR) is 214 cm³/mol. The number of fused-ring (bicyclic) bond motifs is 1. The monoisotopic (exact) mass is 808 g/mol. The molecule has 13 nitrogen and oxygen atoms in total. The smallest absolute Gasteiger partial charge is 0.320 e. The fraction of sp³-hybridized carbons (Fsp3) is 0.463. The third kappa shape index (κ3) is 10.9. The number of anilines is 2. The molecular formula is C41H50F2N6O7S. The molecule has 57 heavy (non-hydrogen) atoms. The molecular weight excluding hydrogens is 759 g/mol. The van der Waals surface area contributed by atoms with Gasteiger partial charge in [-0.2, -0.15) is 0 Å². The molecule has 2 aromatic heterocycles. The van der Waals surface area contributed by atoms with Gasteiger partial charge in [-0.05, 0) is 94.9 Å². The Morgan fingerprint density at radius 1 is 0.947 bits per heavy atom. The lowest BCUT2D eigenvalue weighted by Crippen LogP contribution is -2.49. The molecule has 0 amide bonds. The summed E-state index contributed by atoms with van der Waals surface area (Å²) in [4.78, 5) is 51.3. The van der Waals surface area contributed by atoms with Crippen LogP contribution < -0.4 is 9.62 Å². The van der Waals surface area contributed by atoms with Crippen LogP contribution in [-0.2, 0) is 29.1 Å². The minimum Gasteiger partial charge on any atom is -0.466 e. The average Bonchev–Trinajstić information content (AvgIpc) is 3.58. The summed E-state index contributed by atoms with van der Waals surface area (Å²) < 4.78 is 68.1. The number of aromatic amines is 1. The van der Waals surface area contributed by atoms with E-state index in [1.54, 1.807) is 12.3 Å². The highest BCUT2D eigenvalue weighted by Crippen LogP contribution is 2.31. The van der Waals surface area contributed by atoms with Crippen molar-refractivity contribution in [2.45, 2.75) is 52.6 Å². The number of nitrogens with zero attached hydrogens (tertiary/aromatic N) is 4. The number of carbonyl (C=O) groups excluding carboxylic acids is 3. The van der Waals surface area contributed by atoms with Gasteiger partial charge in [0, 0.05) is 74.2 Å². The molecule has 0 radical (unpaired) electrons. The van der Waals surface area contributed by atoms with Crippen LogP contribution in [0.2, 0.25) is 0 Å². The lowest BCUT2D eigenvalue weighted by Gasteiger charge is -2.39. The molecule has 2 aliphatic heterocycles. The number of esters is 2. The van der Waals surface area contributed by atoms with E-state index in [0.717, 1.165) is 82.0 Å². The van der Waals surface area contributed by atoms with Crippen LogP contribution in [0.15, 0.2) is 54.9 Å². The van der Waals surface area contributed by atoms with Crippen molar-refractivity contribution in [1.29, 1.82) is 0 Å². The molecule has 2 saturated heterocycles. The Kier molecular flexibility index (Phi) is 12.9. The van der Waals surface area contributed by atoms with Crippen LogP contribution in [0.3, 0.4) is 0 Å². The van der Waals surface area contributed by atoms with E-state index in [0.29, 0.717) is 29.1 Å². The first-order valence-electron chi connectivity index (χ1n) is 19.2. The maximum atomic E-state index is 15.6. The van der Waals surface area contributed by atoms with Crippen LogP contribution in [-0.4, -0.2) is 116 Å². The summed E-state index contributed by atoms with van der Waals surface area (Å²) in [6.45, 7) is 13.6. The Bertz CT molecular complexity index is 2190. The molecule has 2 aliphatic rings. The van der Waals surface area contributed by atoms with Crippen molar-refractivity contribution in [1.82, 2.24) is 19.8 Å². The van der Waals surface area contributed by atoms with Crippen molar-refractivity contribution in [3.8, 4) is 11.1 Å². The number of halogens is 2. The standard InChI is InChI=1S/C41H50F2N6O7S/c1-27(50)55-20-5-21-57(53,54)46-35-11-10-34(42)37(38(35)43)39(52)33-24-45-40-32(33)22-30(23-44-40)29-6-8-31(9-7-29)49-18-16-48(17-19-49)25-28-12-14-47(15-13-28)26-36(51)56-41(2,3)4/h6-11,22-24,28,46H,5,12-21,25-26H2,1-4H3,(H,44,45). The number of sulfonamides is 1. The number of pyridine rings is 1. The second-order valence-corrected chi connectivity index (χ2v) is 17.5. The minimum absolute atomic E-state index is 0.0283. The number of likely N-dealkylation sites (tertiary alicyclic amines) is 1.